The van der Waals surface area contributed by atoms with Crippen molar-refractivity contribution in [3.8, 4) is 39.1 Å². The molecule has 2 fully saturated rings. The Morgan fingerprint density at radius 3 is 1.89 bits per heavy atom. The van der Waals surface area contributed by atoms with Gasteiger partial charge in [-0.25, -0.2) is 0 Å². The summed E-state index contributed by atoms with van der Waals surface area (Å²) in [4.78, 5) is 2.50. The van der Waals surface area contributed by atoms with Gasteiger partial charge in [-0.15, -0.1) is 0 Å². The highest BCUT2D eigenvalue weighted by molar-refractivity contribution is 6.09. The molecule has 1 aromatic heterocycles. The van der Waals surface area contributed by atoms with Gasteiger partial charge < -0.3 is 9.47 Å². The number of hydrogen-bond donors (Lipinski definition) is 0. The Balaban J connectivity index is 0.993. The third-order valence-electron chi connectivity index (χ3n) is 14.9. The van der Waals surface area contributed by atoms with Crippen LogP contribution in [0.4, 0.5) is 17.1 Å². The van der Waals surface area contributed by atoms with Gasteiger partial charge in [-0.2, -0.15) is 0 Å². The van der Waals surface area contributed by atoms with Crippen molar-refractivity contribution in [2.75, 3.05) is 4.90 Å². The van der Waals surface area contributed by atoms with Crippen LogP contribution in [-0.4, -0.2) is 4.57 Å². The molecule has 3 aliphatic carbocycles. The fraction of sp³-hybridized carbons (Fsp3) is 0.186. The zero-order valence-corrected chi connectivity index (χ0v) is 35.0. The summed E-state index contributed by atoms with van der Waals surface area (Å²) in [7, 11) is 0. The van der Waals surface area contributed by atoms with Gasteiger partial charge in [-0.05, 0) is 143 Å². The van der Waals surface area contributed by atoms with E-state index in [9.17, 15) is 0 Å². The number of fused-ring (bicyclic) bond motifs is 11. The first-order valence-corrected chi connectivity index (χ1v) is 22.4. The smallest absolute Gasteiger partial charge is 0.0541 e. The van der Waals surface area contributed by atoms with Crippen LogP contribution in [0.3, 0.4) is 0 Å². The molecule has 1 unspecified atom stereocenters. The molecule has 0 amide bonds. The maximum Gasteiger partial charge on any atom is 0.0541 e. The Labute approximate surface area is 359 Å². The van der Waals surface area contributed by atoms with E-state index in [-0.39, 0.29) is 5.41 Å². The van der Waals surface area contributed by atoms with Crippen LogP contribution >= 0.6 is 0 Å². The van der Waals surface area contributed by atoms with Crippen molar-refractivity contribution in [2.45, 2.75) is 44.9 Å². The van der Waals surface area contributed by atoms with Crippen molar-refractivity contribution in [3.63, 3.8) is 0 Å². The Hall–Kier alpha value is -6.64. The Bertz CT molecular complexity index is 3040. The van der Waals surface area contributed by atoms with Crippen molar-refractivity contribution < 1.29 is 0 Å². The molecule has 0 N–H and O–H groups in total. The van der Waals surface area contributed by atoms with E-state index in [0.717, 1.165) is 17.5 Å². The van der Waals surface area contributed by atoms with Crippen LogP contribution in [-0.2, 0) is 5.41 Å². The highest BCUT2D eigenvalue weighted by Gasteiger charge is 2.56. The van der Waals surface area contributed by atoms with Crippen LogP contribution < -0.4 is 4.90 Å². The van der Waals surface area contributed by atoms with Crippen LogP contribution in [0.1, 0.15) is 50.7 Å². The topological polar surface area (TPSA) is 8.17 Å². The summed E-state index contributed by atoms with van der Waals surface area (Å²) in [6.45, 7) is 5.07. The lowest BCUT2D eigenvalue weighted by atomic mass is 9.49. The lowest BCUT2D eigenvalue weighted by Crippen LogP contribution is -2.49. The van der Waals surface area contributed by atoms with Gasteiger partial charge in [-0.1, -0.05) is 153 Å². The number of benzene rings is 8. The van der Waals surface area contributed by atoms with E-state index in [1.807, 2.05) is 0 Å². The van der Waals surface area contributed by atoms with Crippen molar-refractivity contribution in [1.29, 1.82) is 0 Å². The van der Waals surface area contributed by atoms with E-state index in [1.54, 1.807) is 11.1 Å². The quantitative estimate of drug-likeness (QED) is 0.163. The lowest BCUT2D eigenvalue weighted by Gasteiger charge is -2.54. The molecule has 1 spiro atoms. The molecule has 2 nitrogen and oxygen atoms in total. The first kappa shape index (κ1) is 36.2. The van der Waals surface area contributed by atoms with E-state index in [1.165, 1.54) is 97.9 Å². The summed E-state index contributed by atoms with van der Waals surface area (Å²) in [5, 5.41) is 2.55. The fourth-order valence-corrected chi connectivity index (χ4v) is 12.6. The van der Waals surface area contributed by atoms with Gasteiger partial charge in [-0.3, -0.25) is 0 Å². The first-order chi connectivity index (χ1) is 30.1. The van der Waals surface area contributed by atoms with E-state index in [0.29, 0.717) is 11.8 Å². The zero-order chi connectivity index (χ0) is 40.7. The van der Waals surface area contributed by atoms with Gasteiger partial charge >= 0.3 is 0 Å². The molecule has 2 heteroatoms. The molecule has 2 saturated carbocycles. The zero-order valence-electron chi connectivity index (χ0n) is 35.0. The summed E-state index contributed by atoms with van der Waals surface area (Å²) in [5.74, 6) is 2.92. The Kier molecular flexibility index (Phi) is 8.46. The maximum absolute atomic E-state index is 2.57. The van der Waals surface area contributed by atoms with Crippen LogP contribution in [0.5, 0.6) is 0 Å². The second-order valence-corrected chi connectivity index (χ2v) is 18.3. The van der Waals surface area contributed by atoms with E-state index in [2.05, 4.69) is 217 Å². The SMILES string of the molecule is C[C@H]1C[C@@H]2C[C@H](C1)C1(c3ccccc3-c3cc(N(c4ccc(-c5cccc(-n6c7ccccc7c7ccccc76)c5)cc4)c4ccccc4-c4ccccc4)ccc31)[C@H](C)C2. The number of rotatable bonds is 6. The van der Waals surface area contributed by atoms with Crippen LogP contribution in [0, 0.1) is 23.7 Å². The molecule has 2 bridgehead atoms. The minimum absolute atomic E-state index is 0.0673. The summed E-state index contributed by atoms with van der Waals surface area (Å²) >= 11 is 0. The highest BCUT2D eigenvalue weighted by Crippen LogP contribution is 2.65. The van der Waals surface area contributed by atoms with Gasteiger partial charge in [0.2, 0.25) is 0 Å². The van der Waals surface area contributed by atoms with Gasteiger partial charge in [0, 0.05) is 38.8 Å². The number of anilines is 3. The van der Waals surface area contributed by atoms with Crippen LogP contribution in [0.2, 0.25) is 0 Å². The molecule has 12 rings (SSSR count). The van der Waals surface area contributed by atoms with Crippen molar-refractivity contribution in [2.24, 2.45) is 23.7 Å². The van der Waals surface area contributed by atoms with Gasteiger partial charge in [0.1, 0.15) is 0 Å². The molecule has 1 heterocycles. The first-order valence-electron chi connectivity index (χ1n) is 22.4. The number of para-hydroxylation sites is 3. The van der Waals surface area contributed by atoms with Gasteiger partial charge in [0.15, 0.2) is 0 Å². The standard InChI is InChI=1S/C59H50N2/c1-39-33-41-35-40(2)59(45(34-39)36-41)54-23-10-6-20-50(54)53-38-48(31-32-55(53)59)60(56-24-11-7-19-49(56)43-15-4-3-5-16-43)46-29-27-42(28-30-46)44-17-14-18-47(37-44)61-57-25-12-8-21-51(57)52-22-9-13-26-58(52)61/h3-32,37-41,45H,33-36H2,1-2H3/t39-,40+,41-,45-,59?/m0/s1. The summed E-state index contributed by atoms with van der Waals surface area (Å²) in [5.41, 5.74) is 18.0. The molecule has 9 aromatic rings. The number of hydrogen-bond acceptors (Lipinski definition) is 1. The predicted molar refractivity (Wildman–Crippen MR) is 256 cm³/mol. The minimum atomic E-state index is 0.0673. The van der Waals surface area contributed by atoms with E-state index in [4.69, 9.17) is 0 Å². The molecular formula is C59H50N2. The lowest BCUT2D eigenvalue weighted by molar-refractivity contribution is 0.0426. The van der Waals surface area contributed by atoms with Crippen molar-refractivity contribution in [1.82, 2.24) is 4.57 Å². The molecule has 8 aromatic carbocycles. The maximum atomic E-state index is 2.57. The van der Waals surface area contributed by atoms with Gasteiger partial charge in [0.05, 0.1) is 16.7 Å². The van der Waals surface area contributed by atoms with Crippen LogP contribution in [0.25, 0.3) is 60.9 Å². The summed E-state index contributed by atoms with van der Waals surface area (Å²) < 4.78 is 2.40. The monoisotopic (exact) mass is 786 g/mol. The normalized spacial score (nSPS) is 21.4. The fourth-order valence-electron chi connectivity index (χ4n) is 12.6. The molecule has 0 saturated heterocycles. The molecule has 0 radical (unpaired) electrons. The number of aromatic nitrogens is 1. The highest BCUT2D eigenvalue weighted by atomic mass is 15.1. The molecule has 0 aliphatic heterocycles. The Morgan fingerprint density at radius 1 is 0.459 bits per heavy atom. The van der Waals surface area contributed by atoms with Crippen molar-refractivity contribution >= 4 is 38.9 Å². The van der Waals surface area contributed by atoms with E-state index < -0.39 is 0 Å². The second-order valence-electron chi connectivity index (χ2n) is 18.3. The molecule has 3 aliphatic rings. The Morgan fingerprint density at radius 2 is 1.10 bits per heavy atom. The molecular weight excluding hydrogens is 737 g/mol. The second kappa shape index (κ2) is 14.2. The average molecular weight is 787 g/mol. The summed E-state index contributed by atoms with van der Waals surface area (Å²) in [6, 6.07) is 72.5. The largest absolute Gasteiger partial charge is 0.310 e. The average Bonchev–Trinajstić information content (AvgIpc) is 3.80. The number of nitrogens with zero attached hydrogens (tertiary/aromatic N) is 2. The third-order valence-corrected chi connectivity index (χ3v) is 14.9. The molecule has 61 heavy (non-hydrogen) atoms. The van der Waals surface area contributed by atoms with Crippen molar-refractivity contribution in [3.05, 3.63) is 205 Å². The summed E-state index contributed by atoms with van der Waals surface area (Å²) in [6.07, 6.45) is 5.39. The van der Waals surface area contributed by atoms with Gasteiger partial charge in [0.25, 0.3) is 0 Å². The predicted octanol–water partition coefficient (Wildman–Crippen LogP) is 15.9. The van der Waals surface area contributed by atoms with Crippen LogP contribution in [0.15, 0.2) is 194 Å². The minimum Gasteiger partial charge on any atom is -0.310 e. The molecule has 5 atom stereocenters. The molecule has 296 valence electrons. The van der Waals surface area contributed by atoms with E-state index >= 15 is 0 Å². The third kappa shape index (κ3) is 5.61.